The molecule has 0 fully saturated rings. The first-order chi connectivity index (χ1) is 14.7. The van der Waals surface area contributed by atoms with Gasteiger partial charge < -0.3 is 0 Å². The Kier molecular flexibility index (Phi) is 16.6. The second-order valence-electron chi connectivity index (χ2n) is 7.69. The maximum atomic E-state index is 5.98. The molecule has 174 valence electrons. The summed E-state index contributed by atoms with van der Waals surface area (Å²) < 4.78 is 0. The van der Waals surface area contributed by atoms with Crippen LogP contribution in [0, 0.1) is 0 Å². The zero-order valence-electron chi connectivity index (χ0n) is 19.4. The van der Waals surface area contributed by atoms with Gasteiger partial charge in [-0.2, -0.15) is 70.8 Å². The Labute approximate surface area is 221 Å². The van der Waals surface area contributed by atoms with Crippen LogP contribution in [-0.4, -0.2) is 5.88 Å². The standard InChI is InChI=1S/C19H25Cl.2C5H5.2Fe/c1-4-15-9-6-11-17(15)19(3,13-8-14-20)18-12-7-10-16(18)5-2;2*1-2-4-5-3-1;;/h6-7,9-12H,4-5,8,13-14H2,1-3H3;2*1-5H;;/q-2;2*-1;2*+2. The van der Waals surface area contributed by atoms with Gasteiger partial charge in [-0.05, 0) is 6.42 Å². The van der Waals surface area contributed by atoms with Gasteiger partial charge in [-0.15, -0.1) is 11.6 Å². The van der Waals surface area contributed by atoms with Gasteiger partial charge in [0, 0.05) is 5.88 Å². The molecule has 4 aromatic carbocycles. The smallest absolute Gasteiger partial charge is 0.214 e. The van der Waals surface area contributed by atoms with Crippen LogP contribution in [0.2, 0.25) is 0 Å². The zero-order valence-corrected chi connectivity index (χ0v) is 22.3. The minimum Gasteiger partial charge on any atom is -0.214 e. The summed E-state index contributed by atoms with van der Waals surface area (Å²) >= 11 is 5.98. The zero-order chi connectivity index (χ0) is 21.7. The van der Waals surface area contributed by atoms with Crippen molar-refractivity contribution in [2.24, 2.45) is 0 Å². The van der Waals surface area contributed by atoms with E-state index in [-0.39, 0.29) is 39.6 Å². The quantitative estimate of drug-likeness (QED) is 0.128. The third kappa shape index (κ3) is 8.93. The van der Waals surface area contributed by atoms with Crippen LogP contribution in [0.5, 0.6) is 0 Å². The van der Waals surface area contributed by atoms with E-state index in [2.05, 4.69) is 57.2 Å². The molecule has 0 aliphatic heterocycles. The van der Waals surface area contributed by atoms with Crippen LogP contribution in [0.3, 0.4) is 0 Å². The first-order valence-corrected chi connectivity index (χ1v) is 11.6. The summed E-state index contributed by atoms with van der Waals surface area (Å²) in [5, 5.41) is 0. The second kappa shape index (κ2) is 17.2. The number of halogens is 1. The Balaban J connectivity index is 0.000000657. The maximum absolute atomic E-state index is 5.98. The molecule has 0 N–H and O–H groups in total. The summed E-state index contributed by atoms with van der Waals surface area (Å²) in [6.07, 6.45) is 4.37. The first kappa shape index (κ1) is 30.7. The van der Waals surface area contributed by atoms with E-state index >= 15 is 0 Å². The van der Waals surface area contributed by atoms with Gasteiger partial charge >= 0.3 is 34.1 Å². The van der Waals surface area contributed by atoms with Crippen molar-refractivity contribution in [1.29, 1.82) is 0 Å². The van der Waals surface area contributed by atoms with E-state index in [1.807, 2.05) is 60.7 Å². The molecular formula is C29H35ClFe2. The monoisotopic (exact) mass is 530 g/mol. The molecular weight excluding hydrogens is 495 g/mol. The molecule has 0 amide bonds. The van der Waals surface area contributed by atoms with Crippen LogP contribution in [0.1, 0.15) is 55.9 Å². The van der Waals surface area contributed by atoms with Crippen LogP contribution < -0.4 is 0 Å². The summed E-state index contributed by atoms with van der Waals surface area (Å²) in [5.74, 6) is 0.736. The SMILES string of the molecule is CCc1ccc[c-]1C(C)(CCCCl)[c-]1cccc1CC.[Fe+2].[Fe+2].c1cc[cH-]c1.c1cc[cH-]c1. The van der Waals surface area contributed by atoms with Crippen molar-refractivity contribution in [3.8, 4) is 0 Å². The maximum Gasteiger partial charge on any atom is 2.00 e. The van der Waals surface area contributed by atoms with Gasteiger partial charge in [0.15, 0.2) is 0 Å². The normalized spacial score (nSPS) is 10.0. The topological polar surface area (TPSA) is 0 Å². The molecule has 0 nitrogen and oxygen atoms in total. The molecule has 0 saturated heterocycles. The van der Waals surface area contributed by atoms with E-state index in [1.165, 1.54) is 22.3 Å². The third-order valence-electron chi connectivity index (χ3n) is 5.68. The Bertz CT molecular complexity index is 779. The number of aryl methyl sites for hydroxylation is 2. The van der Waals surface area contributed by atoms with Crippen LogP contribution >= 0.6 is 11.6 Å². The average Bonchev–Trinajstić information content (AvgIpc) is 3.60. The summed E-state index contributed by atoms with van der Waals surface area (Å²) in [6.45, 7) is 6.88. The molecule has 3 heteroatoms. The van der Waals surface area contributed by atoms with E-state index in [9.17, 15) is 0 Å². The van der Waals surface area contributed by atoms with Gasteiger partial charge in [0.25, 0.3) is 0 Å². The number of hydrogen-bond donors (Lipinski definition) is 0. The number of rotatable bonds is 7. The summed E-state index contributed by atoms with van der Waals surface area (Å²) in [4.78, 5) is 0. The largest absolute Gasteiger partial charge is 2.00 e. The molecule has 32 heavy (non-hydrogen) atoms. The van der Waals surface area contributed by atoms with Gasteiger partial charge in [-0.1, -0.05) is 45.4 Å². The van der Waals surface area contributed by atoms with Crippen molar-refractivity contribution in [3.05, 3.63) is 119 Å². The summed E-state index contributed by atoms with van der Waals surface area (Å²) in [7, 11) is 0. The molecule has 0 bridgehead atoms. The molecule has 0 aliphatic carbocycles. The van der Waals surface area contributed by atoms with E-state index in [0.29, 0.717) is 0 Å². The fourth-order valence-electron chi connectivity index (χ4n) is 4.08. The summed E-state index contributed by atoms with van der Waals surface area (Å²) in [6, 6.07) is 33.5. The Hall–Kier alpha value is -1.27. The van der Waals surface area contributed by atoms with Crippen LogP contribution in [0.25, 0.3) is 0 Å². The van der Waals surface area contributed by atoms with Gasteiger partial charge in [0.1, 0.15) is 0 Å². The molecule has 0 aromatic heterocycles. The first-order valence-electron chi connectivity index (χ1n) is 11.1. The molecule has 4 rings (SSSR count). The minimum absolute atomic E-state index is 0. The molecule has 0 saturated carbocycles. The van der Waals surface area contributed by atoms with E-state index in [1.54, 1.807) is 0 Å². The third-order valence-corrected chi connectivity index (χ3v) is 5.95. The predicted molar refractivity (Wildman–Crippen MR) is 133 cm³/mol. The fourth-order valence-corrected chi connectivity index (χ4v) is 4.22. The predicted octanol–water partition coefficient (Wildman–Crippen LogP) is 8.38. The Morgan fingerprint density at radius 1 is 0.750 bits per heavy atom. The van der Waals surface area contributed by atoms with Crippen molar-refractivity contribution in [2.45, 2.75) is 51.9 Å². The van der Waals surface area contributed by atoms with Crippen LogP contribution in [0.15, 0.2) is 97.1 Å². The van der Waals surface area contributed by atoms with Gasteiger partial charge in [-0.3, -0.25) is 0 Å². The molecule has 0 radical (unpaired) electrons. The van der Waals surface area contributed by atoms with E-state index < -0.39 is 0 Å². The van der Waals surface area contributed by atoms with Crippen molar-refractivity contribution in [3.63, 3.8) is 0 Å². The van der Waals surface area contributed by atoms with E-state index in [0.717, 1.165) is 31.6 Å². The molecule has 0 heterocycles. The number of alkyl halides is 1. The Morgan fingerprint density at radius 3 is 1.44 bits per heavy atom. The van der Waals surface area contributed by atoms with Gasteiger partial charge in [0.05, 0.1) is 0 Å². The van der Waals surface area contributed by atoms with Crippen molar-refractivity contribution in [1.82, 2.24) is 0 Å². The fraction of sp³-hybridized carbons (Fsp3) is 0.310. The van der Waals surface area contributed by atoms with Gasteiger partial charge in [0.2, 0.25) is 0 Å². The minimum atomic E-state index is 0. The van der Waals surface area contributed by atoms with Crippen molar-refractivity contribution in [2.75, 3.05) is 5.88 Å². The van der Waals surface area contributed by atoms with Crippen LogP contribution in [0.4, 0.5) is 0 Å². The van der Waals surface area contributed by atoms with E-state index in [4.69, 9.17) is 11.6 Å². The molecule has 0 aliphatic rings. The molecule has 0 unspecified atom stereocenters. The van der Waals surface area contributed by atoms with Crippen molar-refractivity contribution < 1.29 is 34.1 Å². The molecule has 0 spiro atoms. The average molecular weight is 531 g/mol. The Morgan fingerprint density at radius 2 is 1.16 bits per heavy atom. The molecule has 4 aromatic rings. The van der Waals surface area contributed by atoms with Gasteiger partial charge in [-0.25, -0.2) is 48.5 Å². The molecule has 0 atom stereocenters. The van der Waals surface area contributed by atoms with Crippen molar-refractivity contribution >= 4 is 11.6 Å². The second-order valence-corrected chi connectivity index (χ2v) is 8.06. The number of hydrogen-bond acceptors (Lipinski definition) is 0. The summed E-state index contributed by atoms with van der Waals surface area (Å²) in [5.41, 5.74) is 6.03. The van der Waals surface area contributed by atoms with Crippen LogP contribution in [-0.2, 0) is 52.4 Å².